The van der Waals surface area contributed by atoms with Gasteiger partial charge in [-0.3, -0.25) is 4.98 Å². The molecule has 0 aliphatic heterocycles. The summed E-state index contributed by atoms with van der Waals surface area (Å²) in [5.41, 5.74) is 2.19. The monoisotopic (exact) mass is 251 g/mol. The van der Waals surface area contributed by atoms with Gasteiger partial charge in [0.15, 0.2) is 0 Å². The van der Waals surface area contributed by atoms with Gasteiger partial charge in [-0.05, 0) is 22.9 Å². The summed E-state index contributed by atoms with van der Waals surface area (Å²) in [5.74, 6) is 0. The number of fused-ring (bicyclic) bond motifs is 1. The van der Waals surface area contributed by atoms with Crippen molar-refractivity contribution in [1.82, 2.24) is 14.4 Å². The number of rotatable bonds is 0. The second kappa shape index (κ2) is 4.60. The number of aryl methyl sites for hydroxylation is 1. The van der Waals surface area contributed by atoms with Crippen molar-refractivity contribution in [3.8, 4) is 0 Å². The zero-order chi connectivity index (χ0) is 10.7. The topological polar surface area (TPSA) is 30.2 Å². The summed E-state index contributed by atoms with van der Waals surface area (Å²) < 4.78 is 2.61. The Morgan fingerprint density at radius 2 is 2.07 bits per heavy atom. The van der Waals surface area contributed by atoms with Crippen molar-refractivity contribution in [2.75, 3.05) is 0 Å². The highest BCUT2D eigenvalue weighted by molar-refractivity contribution is 9.10. The summed E-state index contributed by atoms with van der Waals surface area (Å²) in [5, 5.41) is 0. The van der Waals surface area contributed by atoms with Crippen molar-refractivity contribution in [3.63, 3.8) is 0 Å². The largest absolute Gasteiger partial charge is 0.301 e. The molecular weight excluding hydrogens is 241 g/mol. The van der Waals surface area contributed by atoms with Gasteiger partial charge in [-0.1, -0.05) is 13.8 Å². The van der Waals surface area contributed by atoms with E-state index in [2.05, 4.69) is 25.9 Å². The molecular formula is C9H11BBrN3. The van der Waals surface area contributed by atoms with Gasteiger partial charge in [-0.2, -0.15) is 0 Å². The van der Waals surface area contributed by atoms with Gasteiger partial charge >= 0.3 is 0 Å². The summed E-state index contributed by atoms with van der Waals surface area (Å²) in [4.78, 5) is 8.14. The maximum atomic E-state index is 5.65. The molecule has 0 saturated heterocycles. The minimum atomic E-state index is 0.442. The molecule has 0 spiro atoms. The molecule has 0 atom stereocenters. The van der Waals surface area contributed by atoms with Gasteiger partial charge < -0.3 is 4.40 Å². The van der Waals surface area contributed by atoms with E-state index in [9.17, 15) is 0 Å². The van der Waals surface area contributed by atoms with Crippen LogP contribution < -0.4 is 5.59 Å². The van der Waals surface area contributed by atoms with E-state index in [0.29, 0.717) is 15.8 Å². The molecule has 0 bridgehead atoms. The van der Waals surface area contributed by atoms with Crippen LogP contribution in [0.25, 0.3) is 5.65 Å². The molecule has 0 N–H and O–H groups in total. The van der Waals surface area contributed by atoms with Crippen LogP contribution in [-0.2, 0) is 0 Å². The van der Waals surface area contributed by atoms with Crippen LogP contribution in [0, 0.1) is 6.92 Å². The average molecular weight is 252 g/mol. The first-order valence-corrected chi connectivity index (χ1v) is 5.23. The van der Waals surface area contributed by atoms with Crippen molar-refractivity contribution >= 4 is 35.0 Å². The van der Waals surface area contributed by atoms with Gasteiger partial charge in [0.1, 0.15) is 18.1 Å². The van der Waals surface area contributed by atoms with Crippen LogP contribution in [-0.4, -0.2) is 22.2 Å². The summed E-state index contributed by atoms with van der Waals surface area (Å²) >= 11 is 3.26. The first-order chi connectivity index (χ1) is 6.68. The van der Waals surface area contributed by atoms with E-state index in [-0.39, 0.29) is 0 Å². The van der Waals surface area contributed by atoms with E-state index in [0.717, 1.165) is 5.69 Å². The minimum Gasteiger partial charge on any atom is -0.301 e. The number of hydrogen-bond acceptors (Lipinski definition) is 2. The molecule has 0 amide bonds. The molecule has 14 heavy (non-hydrogen) atoms. The van der Waals surface area contributed by atoms with Crippen molar-refractivity contribution < 1.29 is 0 Å². The third kappa shape index (κ3) is 1.98. The fraction of sp³-hybridized carbons (Fsp3) is 0.333. The van der Waals surface area contributed by atoms with E-state index < -0.39 is 0 Å². The van der Waals surface area contributed by atoms with Crippen LogP contribution in [0.5, 0.6) is 0 Å². The maximum Gasteiger partial charge on any atom is 0.147 e. The Balaban J connectivity index is 0.000000461. The predicted molar refractivity (Wildman–Crippen MR) is 62.2 cm³/mol. The number of halogens is 1. The van der Waals surface area contributed by atoms with Crippen LogP contribution in [0.4, 0.5) is 0 Å². The quantitative estimate of drug-likeness (QED) is 0.667. The number of imidazole rings is 1. The van der Waals surface area contributed by atoms with Gasteiger partial charge in [-0.15, -0.1) is 0 Å². The Morgan fingerprint density at radius 1 is 1.43 bits per heavy atom. The minimum absolute atomic E-state index is 0.442. The fourth-order valence-corrected chi connectivity index (χ4v) is 1.49. The third-order valence-corrected chi connectivity index (χ3v) is 2.06. The summed E-state index contributed by atoms with van der Waals surface area (Å²) in [6.45, 7) is 5.96. The number of hydrogen-bond donors (Lipinski definition) is 0. The van der Waals surface area contributed by atoms with E-state index in [1.807, 2.05) is 31.4 Å². The van der Waals surface area contributed by atoms with Crippen molar-refractivity contribution in [3.05, 3.63) is 22.7 Å². The van der Waals surface area contributed by atoms with Gasteiger partial charge in [0.05, 0.1) is 0 Å². The Kier molecular flexibility index (Phi) is 3.69. The lowest BCUT2D eigenvalue weighted by atomic mass is 10.1. The zero-order valence-corrected chi connectivity index (χ0v) is 10.0. The van der Waals surface area contributed by atoms with E-state index in [1.165, 1.54) is 0 Å². The molecule has 0 aliphatic carbocycles. The lowest BCUT2D eigenvalue weighted by molar-refractivity contribution is 1.07. The molecule has 2 radical (unpaired) electrons. The highest BCUT2D eigenvalue weighted by Crippen LogP contribution is 2.07. The standard InChI is InChI=1S/C7H5BBrN3.C2H6/c1-4-2-10-7-6(8)11-5(9)3-12(4)7;1-2/h2-3H,1H3;1-2H3. The van der Waals surface area contributed by atoms with Gasteiger partial charge in [0, 0.05) is 23.7 Å². The highest BCUT2D eigenvalue weighted by Gasteiger charge is 2.03. The summed E-state index contributed by atoms with van der Waals surface area (Å²) in [7, 11) is 5.65. The first-order valence-electron chi connectivity index (χ1n) is 4.44. The first kappa shape index (κ1) is 11.2. The van der Waals surface area contributed by atoms with E-state index >= 15 is 0 Å². The Labute approximate surface area is 93.1 Å². The Morgan fingerprint density at radius 3 is 2.71 bits per heavy atom. The molecule has 72 valence electrons. The smallest absolute Gasteiger partial charge is 0.147 e. The molecule has 0 aliphatic rings. The molecule has 2 aromatic rings. The number of aromatic nitrogens is 3. The fourth-order valence-electron chi connectivity index (χ4n) is 1.10. The molecule has 2 aromatic heterocycles. The Bertz CT molecular complexity index is 439. The van der Waals surface area contributed by atoms with Crippen LogP contribution in [0.2, 0.25) is 0 Å². The molecule has 3 nitrogen and oxygen atoms in total. The molecule has 0 saturated carbocycles. The van der Waals surface area contributed by atoms with Crippen LogP contribution >= 0.6 is 15.9 Å². The third-order valence-electron chi connectivity index (χ3n) is 1.67. The van der Waals surface area contributed by atoms with Gasteiger partial charge in [-0.25, -0.2) is 4.98 Å². The summed E-state index contributed by atoms with van der Waals surface area (Å²) in [6, 6.07) is 0. The van der Waals surface area contributed by atoms with Crippen molar-refractivity contribution in [2.24, 2.45) is 0 Å². The van der Waals surface area contributed by atoms with E-state index in [4.69, 9.17) is 7.85 Å². The molecule has 2 rings (SSSR count). The van der Waals surface area contributed by atoms with Crippen LogP contribution in [0.15, 0.2) is 17.0 Å². The van der Waals surface area contributed by atoms with Crippen molar-refractivity contribution in [2.45, 2.75) is 20.8 Å². The second-order valence-electron chi connectivity index (χ2n) is 2.54. The van der Waals surface area contributed by atoms with Gasteiger partial charge in [0.2, 0.25) is 0 Å². The van der Waals surface area contributed by atoms with Crippen LogP contribution in [0.1, 0.15) is 19.5 Å². The predicted octanol–water partition coefficient (Wildman–Crippen LogP) is 1.62. The molecule has 0 aromatic carbocycles. The number of nitrogens with zero attached hydrogens (tertiary/aromatic N) is 3. The maximum absolute atomic E-state index is 5.65. The lowest BCUT2D eigenvalue weighted by Gasteiger charge is -1.99. The van der Waals surface area contributed by atoms with Crippen molar-refractivity contribution in [1.29, 1.82) is 0 Å². The molecule has 0 unspecified atom stereocenters. The normalized spacial score (nSPS) is 9.71. The Hall–Kier alpha value is -0.835. The highest BCUT2D eigenvalue weighted by atomic mass is 79.9. The molecule has 2 heterocycles. The average Bonchev–Trinajstić information content (AvgIpc) is 2.52. The second-order valence-corrected chi connectivity index (χ2v) is 3.35. The zero-order valence-electron chi connectivity index (χ0n) is 8.45. The van der Waals surface area contributed by atoms with Gasteiger partial charge in [0.25, 0.3) is 0 Å². The SMILES string of the molecule is CC.[B]c1nc(Br)cn2c(C)cnc12. The molecule has 0 fully saturated rings. The van der Waals surface area contributed by atoms with E-state index in [1.54, 1.807) is 6.20 Å². The molecule has 5 heteroatoms. The van der Waals surface area contributed by atoms with Crippen LogP contribution in [0.3, 0.4) is 0 Å². The lowest BCUT2D eigenvalue weighted by Crippen LogP contribution is -2.13. The summed E-state index contributed by atoms with van der Waals surface area (Å²) in [6.07, 6.45) is 3.60.